The lowest BCUT2D eigenvalue weighted by Gasteiger charge is -2.18. The summed E-state index contributed by atoms with van der Waals surface area (Å²) in [6, 6.07) is 2.74. The number of nitrogens with zero attached hydrogens (tertiary/aromatic N) is 1. The molecule has 1 atom stereocenters. The molecule has 2 amide bonds. The van der Waals surface area contributed by atoms with Crippen LogP contribution in [-0.2, 0) is 4.79 Å². The second kappa shape index (κ2) is 6.33. The average molecular weight is 300 g/mol. The van der Waals surface area contributed by atoms with Crippen molar-refractivity contribution in [2.24, 2.45) is 11.7 Å². The SMILES string of the molecule is CC(C)C(NC(=O)c1ccc([N+](=O)[O-])c(Cl)c1)C(N)=O. The van der Waals surface area contributed by atoms with Crippen LogP contribution in [0.15, 0.2) is 18.2 Å². The number of carbonyl (C=O) groups excluding carboxylic acids is 2. The minimum atomic E-state index is -0.823. The number of amides is 2. The van der Waals surface area contributed by atoms with Gasteiger partial charge in [-0.1, -0.05) is 25.4 Å². The maximum absolute atomic E-state index is 11.9. The van der Waals surface area contributed by atoms with Crippen LogP contribution in [0.1, 0.15) is 24.2 Å². The van der Waals surface area contributed by atoms with Crippen molar-refractivity contribution in [3.8, 4) is 0 Å². The fourth-order valence-corrected chi connectivity index (χ4v) is 1.84. The van der Waals surface area contributed by atoms with Crippen molar-refractivity contribution >= 4 is 29.1 Å². The van der Waals surface area contributed by atoms with Gasteiger partial charge in [-0.15, -0.1) is 0 Å². The molecule has 0 saturated heterocycles. The van der Waals surface area contributed by atoms with E-state index in [1.54, 1.807) is 13.8 Å². The van der Waals surface area contributed by atoms with E-state index in [0.717, 1.165) is 6.07 Å². The number of nitro groups is 1. The van der Waals surface area contributed by atoms with Crippen LogP contribution in [0.2, 0.25) is 5.02 Å². The van der Waals surface area contributed by atoms with Gasteiger partial charge in [-0.2, -0.15) is 0 Å². The predicted octanol–water partition coefficient (Wildman–Crippen LogP) is 1.49. The fourth-order valence-electron chi connectivity index (χ4n) is 1.59. The Morgan fingerprint density at radius 3 is 2.40 bits per heavy atom. The van der Waals surface area contributed by atoms with E-state index in [-0.39, 0.29) is 22.2 Å². The molecule has 1 aromatic rings. The fraction of sp³-hybridized carbons (Fsp3) is 0.333. The van der Waals surface area contributed by atoms with E-state index in [1.807, 2.05) is 0 Å². The van der Waals surface area contributed by atoms with Gasteiger partial charge in [0.1, 0.15) is 11.1 Å². The minimum absolute atomic E-state index is 0.118. The Labute approximate surface area is 120 Å². The van der Waals surface area contributed by atoms with E-state index in [9.17, 15) is 19.7 Å². The van der Waals surface area contributed by atoms with Crippen LogP contribution < -0.4 is 11.1 Å². The number of primary amides is 1. The first kappa shape index (κ1) is 15.9. The van der Waals surface area contributed by atoms with E-state index >= 15 is 0 Å². The zero-order valence-electron chi connectivity index (χ0n) is 10.9. The van der Waals surface area contributed by atoms with Crippen LogP contribution in [0.4, 0.5) is 5.69 Å². The summed E-state index contributed by atoms with van der Waals surface area (Å²) in [6.45, 7) is 3.47. The Morgan fingerprint density at radius 1 is 1.40 bits per heavy atom. The van der Waals surface area contributed by atoms with Crippen molar-refractivity contribution in [2.75, 3.05) is 0 Å². The predicted molar refractivity (Wildman–Crippen MR) is 73.4 cm³/mol. The summed E-state index contributed by atoms with van der Waals surface area (Å²) in [6.07, 6.45) is 0. The van der Waals surface area contributed by atoms with Gasteiger partial charge in [0.05, 0.1) is 4.92 Å². The highest BCUT2D eigenvalue weighted by atomic mass is 35.5. The summed E-state index contributed by atoms with van der Waals surface area (Å²) < 4.78 is 0. The lowest BCUT2D eigenvalue weighted by molar-refractivity contribution is -0.384. The average Bonchev–Trinajstić information content (AvgIpc) is 2.34. The number of rotatable bonds is 5. The molecule has 1 aromatic carbocycles. The monoisotopic (exact) mass is 299 g/mol. The molecule has 7 nitrogen and oxygen atoms in total. The molecule has 108 valence electrons. The number of halogens is 1. The largest absolute Gasteiger partial charge is 0.368 e. The molecule has 3 N–H and O–H groups in total. The highest BCUT2D eigenvalue weighted by molar-refractivity contribution is 6.33. The van der Waals surface area contributed by atoms with E-state index < -0.39 is 22.8 Å². The molecule has 0 aromatic heterocycles. The van der Waals surface area contributed by atoms with Gasteiger partial charge in [-0.3, -0.25) is 19.7 Å². The lowest BCUT2D eigenvalue weighted by Crippen LogP contribution is -2.47. The van der Waals surface area contributed by atoms with Crippen molar-refractivity contribution in [3.63, 3.8) is 0 Å². The molecule has 0 aliphatic carbocycles. The van der Waals surface area contributed by atoms with Gasteiger partial charge in [0.15, 0.2) is 0 Å². The van der Waals surface area contributed by atoms with Crippen LogP contribution in [-0.4, -0.2) is 22.8 Å². The van der Waals surface area contributed by atoms with Gasteiger partial charge < -0.3 is 11.1 Å². The van der Waals surface area contributed by atoms with Crippen molar-refractivity contribution in [2.45, 2.75) is 19.9 Å². The van der Waals surface area contributed by atoms with Crippen molar-refractivity contribution in [3.05, 3.63) is 38.9 Å². The number of nitrogens with two attached hydrogens (primary N) is 1. The highest BCUT2D eigenvalue weighted by Gasteiger charge is 2.23. The van der Waals surface area contributed by atoms with Gasteiger partial charge in [0, 0.05) is 11.6 Å². The molecule has 0 aliphatic heterocycles. The van der Waals surface area contributed by atoms with Crippen molar-refractivity contribution < 1.29 is 14.5 Å². The van der Waals surface area contributed by atoms with Crippen LogP contribution >= 0.6 is 11.6 Å². The van der Waals surface area contributed by atoms with Crippen LogP contribution in [0.25, 0.3) is 0 Å². The first-order valence-corrected chi connectivity index (χ1v) is 6.16. The second-order valence-electron chi connectivity index (χ2n) is 4.52. The standard InChI is InChI=1S/C12H14ClN3O4/c1-6(2)10(11(14)17)15-12(18)7-3-4-9(16(19)20)8(13)5-7/h3-6,10H,1-2H3,(H2,14,17)(H,15,18). The van der Waals surface area contributed by atoms with Gasteiger partial charge >= 0.3 is 0 Å². The summed E-state index contributed by atoms with van der Waals surface area (Å²) in [5, 5.41) is 12.9. The van der Waals surface area contributed by atoms with Gasteiger partial charge in [0.25, 0.3) is 11.6 Å². The molecule has 0 heterocycles. The Morgan fingerprint density at radius 2 is 2.00 bits per heavy atom. The molecule has 0 saturated carbocycles. The Balaban J connectivity index is 2.96. The Kier molecular flexibility index (Phi) is 5.04. The van der Waals surface area contributed by atoms with E-state index in [0.29, 0.717) is 0 Å². The number of hydrogen-bond donors (Lipinski definition) is 2. The maximum atomic E-state index is 11.9. The van der Waals surface area contributed by atoms with Crippen molar-refractivity contribution in [1.29, 1.82) is 0 Å². The van der Waals surface area contributed by atoms with Gasteiger partial charge in [0.2, 0.25) is 5.91 Å². The first-order valence-electron chi connectivity index (χ1n) is 5.78. The summed E-state index contributed by atoms with van der Waals surface area (Å²) in [5.41, 5.74) is 5.01. The molecule has 0 aliphatic rings. The lowest BCUT2D eigenvalue weighted by atomic mass is 10.0. The van der Waals surface area contributed by atoms with Crippen LogP contribution in [0.5, 0.6) is 0 Å². The minimum Gasteiger partial charge on any atom is -0.368 e. The number of nitrogens with one attached hydrogen (secondary N) is 1. The Bertz CT molecular complexity index is 560. The van der Waals surface area contributed by atoms with E-state index in [1.165, 1.54) is 12.1 Å². The Hall–Kier alpha value is -2.15. The summed E-state index contributed by atoms with van der Waals surface area (Å²) in [4.78, 5) is 33.1. The molecule has 20 heavy (non-hydrogen) atoms. The molecule has 8 heteroatoms. The van der Waals surface area contributed by atoms with Gasteiger partial charge in [-0.25, -0.2) is 0 Å². The molecule has 1 unspecified atom stereocenters. The summed E-state index contributed by atoms with van der Waals surface area (Å²) >= 11 is 5.72. The molecule has 1 rings (SSSR count). The van der Waals surface area contributed by atoms with Gasteiger partial charge in [-0.05, 0) is 18.1 Å². The van der Waals surface area contributed by atoms with E-state index in [4.69, 9.17) is 17.3 Å². The van der Waals surface area contributed by atoms with Crippen molar-refractivity contribution in [1.82, 2.24) is 5.32 Å². The number of benzene rings is 1. The zero-order valence-corrected chi connectivity index (χ0v) is 11.7. The molecule has 0 fully saturated rings. The quantitative estimate of drug-likeness (QED) is 0.633. The third-order valence-corrected chi connectivity index (χ3v) is 2.97. The van der Waals surface area contributed by atoms with E-state index in [2.05, 4.69) is 5.32 Å². The maximum Gasteiger partial charge on any atom is 0.287 e. The topological polar surface area (TPSA) is 115 Å². The zero-order chi connectivity index (χ0) is 15.4. The number of nitro benzene ring substituents is 1. The molecule has 0 spiro atoms. The first-order chi connectivity index (χ1) is 9.23. The van der Waals surface area contributed by atoms with Crippen LogP contribution in [0, 0.1) is 16.0 Å². The van der Waals surface area contributed by atoms with Crippen LogP contribution in [0.3, 0.4) is 0 Å². The number of hydrogen-bond acceptors (Lipinski definition) is 4. The summed E-state index contributed by atoms with van der Waals surface area (Å²) in [5.74, 6) is -1.40. The highest BCUT2D eigenvalue weighted by Crippen LogP contribution is 2.25. The normalized spacial score (nSPS) is 12.0. The smallest absolute Gasteiger partial charge is 0.287 e. The molecule has 0 bridgehead atoms. The number of carbonyl (C=O) groups is 2. The third kappa shape index (κ3) is 3.67. The second-order valence-corrected chi connectivity index (χ2v) is 4.93. The molecule has 0 radical (unpaired) electrons. The summed E-state index contributed by atoms with van der Waals surface area (Å²) in [7, 11) is 0. The third-order valence-electron chi connectivity index (χ3n) is 2.67. The molecular formula is C12H14ClN3O4. The molecular weight excluding hydrogens is 286 g/mol.